The largest absolute Gasteiger partial charge is 0.344 e. The monoisotopic (exact) mass is 513 g/mol. The summed E-state index contributed by atoms with van der Waals surface area (Å²) in [6.45, 7) is 9.31. The van der Waals surface area contributed by atoms with Crippen LogP contribution in [0.15, 0.2) is 103 Å². The molecule has 0 N–H and O–H groups in total. The Morgan fingerprint density at radius 3 is 2.23 bits per heavy atom. The van der Waals surface area contributed by atoms with Gasteiger partial charge in [0.1, 0.15) is 11.6 Å². The molecule has 6 rings (SSSR count). The van der Waals surface area contributed by atoms with Gasteiger partial charge in [0.15, 0.2) is 0 Å². The quantitative estimate of drug-likeness (QED) is 0.197. The third kappa shape index (κ3) is 4.92. The predicted octanol–water partition coefficient (Wildman–Crippen LogP) is 7.94. The number of aromatic nitrogens is 5. The van der Waals surface area contributed by atoms with Crippen LogP contribution in [0.5, 0.6) is 0 Å². The Balaban J connectivity index is 1.50. The van der Waals surface area contributed by atoms with Gasteiger partial charge in [-0.3, -0.25) is 0 Å². The van der Waals surface area contributed by atoms with Gasteiger partial charge in [0, 0.05) is 49.0 Å². The van der Waals surface area contributed by atoms with Crippen LogP contribution >= 0.6 is 0 Å². The van der Waals surface area contributed by atoms with Gasteiger partial charge < -0.3 is 13.7 Å². The summed E-state index contributed by atoms with van der Waals surface area (Å²) in [5.74, 6) is 2.42. The van der Waals surface area contributed by atoms with Gasteiger partial charge in [0.2, 0.25) is 0 Å². The molecule has 0 unspecified atom stereocenters. The van der Waals surface area contributed by atoms with E-state index in [0.717, 1.165) is 48.7 Å². The van der Waals surface area contributed by atoms with E-state index < -0.39 is 0 Å². The molecule has 0 aliphatic rings. The molecule has 0 saturated carbocycles. The molecule has 5 heteroatoms. The zero-order valence-corrected chi connectivity index (χ0v) is 23.0. The molecule has 0 radical (unpaired) electrons. The minimum atomic E-state index is 0.331. The smallest absolute Gasteiger partial charge is 0.143 e. The summed E-state index contributed by atoms with van der Waals surface area (Å²) in [5, 5.41) is 0. The average Bonchev–Trinajstić information content (AvgIpc) is 3.65. The summed E-state index contributed by atoms with van der Waals surface area (Å²) < 4.78 is 7.16. The first-order valence-corrected chi connectivity index (χ1v) is 13.9. The summed E-state index contributed by atoms with van der Waals surface area (Å²) >= 11 is 0. The summed E-state index contributed by atoms with van der Waals surface area (Å²) in [7, 11) is 0. The lowest BCUT2D eigenvalue weighted by atomic mass is 10.0. The number of nitrogens with zero attached hydrogens (tertiary/aromatic N) is 5. The number of rotatable bonds is 9. The van der Waals surface area contributed by atoms with Crippen molar-refractivity contribution in [1.29, 1.82) is 0 Å². The first-order valence-electron chi connectivity index (χ1n) is 13.9. The van der Waals surface area contributed by atoms with Crippen molar-refractivity contribution < 1.29 is 0 Å². The van der Waals surface area contributed by atoms with Gasteiger partial charge in [-0.05, 0) is 48.6 Å². The van der Waals surface area contributed by atoms with E-state index in [4.69, 9.17) is 4.98 Å². The maximum Gasteiger partial charge on any atom is 0.143 e. The number of hydrogen-bond donors (Lipinski definition) is 0. The van der Waals surface area contributed by atoms with Crippen molar-refractivity contribution in [2.45, 2.75) is 52.7 Å². The zero-order valence-electron chi connectivity index (χ0n) is 23.0. The van der Waals surface area contributed by atoms with Crippen molar-refractivity contribution in [3.05, 3.63) is 120 Å². The highest BCUT2D eigenvalue weighted by atomic mass is 15.1. The van der Waals surface area contributed by atoms with Gasteiger partial charge in [0.05, 0.1) is 11.0 Å². The molecule has 0 fully saturated rings. The molecule has 6 aromatic rings. The maximum absolute atomic E-state index is 5.24. The SMILES string of the molecule is Cc1nccn1CCCn1c(-c2ccccc2)cc(-c2nc3ccccc3n2Cc2ccccc2)c1C(C)C. The molecule has 0 saturated heterocycles. The van der Waals surface area contributed by atoms with E-state index in [0.29, 0.717) is 5.92 Å². The molecule has 3 aromatic heterocycles. The Morgan fingerprint density at radius 2 is 1.51 bits per heavy atom. The first-order chi connectivity index (χ1) is 19.1. The van der Waals surface area contributed by atoms with Crippen LogP contribution in [0.25, 0.3) is 33.7 Å². The Bertz CT molecular complexity index is 1690. The van der Waals surface area contributed by atoms with Gasteiger partial charge >= 0.3 is 0 Å². The number of imidazole rings is 2. The van der Waals surface area contributed by atoms with Crippen LogP contribution in [-0.4, -0.2) is 23.7 Å². The van der Waals surface area contributed by atoms with Crippen LogP contribution in [0, 0.1) is 6.92 Å². The number of fused-ring (bicyclic) bond motifs is 1. The number of hydrogen-bond acceptors (Lipinski definition) is 2. The predicted molar refractivity (Wildman–Crippen MR) is 160 cm³/mol. The summed E-state index contributed by atoms with van der Waals surface area (Å²) in [6, 6.07) is 32.3. The molecule has 3 heterocycles. The van der Waals surface area contributed by atoms with Gasteiger partial charge in [-0.1, -0.05) is 86.6 Å². The Labute approximate surface area is 230 Å². The van der Waals surface area contributed by atoms with E-state index in [1.165, 1.54) is 28.1 Å². The highest BCUT2D eigenvalue weighted by Gasteiger charge is 2.24. The van der Waals surface area contributed by atoms with E-state index in [2.05, 4.69) is 137 Å². The average molecular weight is 514 g/mol. The molecule has 0 atom stereocenters. The van der Waals surface area contributed by atoms with Crippen molar-refractivity contribution >= 4 is 11.0 Å². The van der Waals surface area contributed by atoms with E-state index >= 15 is 0 Å². The van der Waals surface area contributed by atoms with Crippen LogP contribution in [0.1, 0.15) is 43.3 Å². The van der Waals surface area contributed by atoms with Crippen LogP contribution in [0.3, 0.4) is 0 Å². The van der Waals surface area contributed by atoms with Crippen LogP contribution in [0.2, 0.25) is 0 Å². The normalized spacial score (nSPS) is 11.6. The molecule has 39 heavy (non-hydrogen) atoms. The second-order valence-electron chi connectivity index (χ2n) is 10.5. The van der Waals surface area contributed by atoms with Gasteiger partial charge in [-0.25, -0.2) is 9.97 Å². The molecule has 0 spiro atoms. The molecule has 0 amide bonds. The number of para-hydroxylation sites is 2. The highest BCUT2D eigenvalue weighted by molar-refractivity contribution is 5.83. The molecule has 0 aliphatic carbocycles. The van der Waals surface area contributed by atoms with E-state index in [1.54, 1.807) is 0 Å². The Hall–Kier alpha value is -4.38. The third-order valence-corrected chi connectivity index (χ3v) is 7.54. The molecule has 5 nitrogen and oxygen atoms in total. The fourth-order valence-corrected chi connectivity index (χ4v) is 5.70. The van der Waals surface area contributed by atoms with Gasteiger partial charge in [0.25, 0.3) is 0 Å². The Morgan fingerprint density at radius 1 is 0.795 bits per heavy atom. The van der Waals surface area contributed by atoms with Crippen molar-refractivity contribution in [3.63, 3.8) is 0 Å². The number of aryl methyl sites for hydroxylation is 2. The lowest BCUT2D eigenvalue weighted by molar-refractivity contribution is 0.541. The lowest BCUT2D eigenvalue weighted by Crippen LogP contribution is -2.11. The summed E-state index contributed by atoms with van der Waals surface area (Å²) in [4.78, 5) is 9.65. The van der Waals surface area contributed by atoms with E-state index in [9.17, 15) is 0 Å². The third-order valence-electron chi connectivity index (χ3n) is 7.54. The molecular formula is C34H35N5. The minimum Gasteiger partial charge on any atom is -0.344 e. The highest BCUT2D eigenvalue weighted by Crippen LogP contribution is 2.38. The standard InChI is InChI=1S/C34H35N5/c1-25(2)33-29(34-36-30-17-10-11-18-31(30)39(34)24-27-13-6-4-7-14-27)23-32(28-15-8-5-9-16-28)38(33)21-12-20-37-22-19-35-26(37)3/h4-11,13-19,22-23,25H,12,20-21,24H2,1-3H3. The summed E-state index contributed by atoms with van der Waals surface area (Å²) in [5.41, 5.74) is 8.49. The van der Waals surface area contributed by atoms with E-state index in [1.807, 2.05) is 6.20 Å². The van der Waals surface area contributed by atoms with Crippen molar-refractivity contribution in [3.8, 4) is 22.6 Å². The zero-order chi connectivity index (χ0) is 26.8. The Kier molecular flexibility index (Phi) is 6.89. The second kappa shape index (κ2) is 10.8. The number of benzene rings is 3. The van der Waals surface area contributed by atoms with Crippen molar-refractivity contribution in [1.82, 2.24) is 23.7 Å². The van der Waals surface area contributed by atoms with Crippen LogP contribution < -0.4 is 0 Å². The van der Waals surface area contributed by atoms with E-state index in [-0.39, 0.29) is 0 Å². The van der Waals surface area contributed by atoms with Crippen molar-refractivity contribution in [2.75, 3.05) is 0 Å². The maximum atomic E-state index is 5.24. The topological polar surface area (TPSA) is 40.6 Å². The molecular weight excluding hydrogens is 478 g/mol. The van der Waals surface area contributed by atoms with Gasteiger partial charge in [-0.2, -0.15) is 0 Å². The van der Waals surface area contributed by atoms with Gasteiger partial charge in [-0.15, -0.1) is 0 Å². The fourth-order valence-electron chi connectivity index (χ4n) is 5.70. The van der Waals surface area contributed by atoms with Crippen LogP contribution in [0.4, 0.5) is 0 Å². The fraction of sp³-hybridized carbons (Fsp3) is 0.235. The minimum absolute atomic E-state index is 0.331. The van der Waals surface area contributed by atoms with Crippen LogP contribution in [-0.2, 0) is 19.6 Å². The lowest BCUT2D eigenvalue weighted by Gasteiger charge is -2.18. The summed E-state index contributed by atoms with van der Waals surface area (Å²) in [6.07, 6.45) is 4.98. The molecule has 0 bridgehead atoms. The first kappa shape index (κ1) is 24.9. The van der Waals surface area contributed by atoms with Crippen molar-refractivity contribution in [2.24, 2.45) is 0 Å². The second-order valence-corrected chi connectivity index (χ2v) is 10.5. The molecule has 3 aromatic carbocycles. The molecule has 196 valence electrons. The molecule has 0 aliphatic heterocycles.